The highest BCUT2D eigenvalue weighted by molar-refractivity contribution is 5.96. The van der Waals surface area contributed by atoms with Gasteiger partial charge in [0.2, 0.25) is 5.91 Å². The molecule has 0 bridgehead atoms. The lowest BCUT2D eigenvalue weighted by Gasteiger charge is -2.15. The van der Waals surface area contributed by atoms with Crippen LogP contribution in [0.3, 0.4) is 0 Å². The molecule has 1 saturated heterocycles. The van der Waals surface area contributed by atoms with Gasteiger partial charge in [-0.25, -0.2) is 4.79 Å². The van der Waals surface area contributed by atoms with Crippen molar-refractivity contribution < 1.29 is 19.1 Å². The first-order valence-electron chi connectivity index (χ1n) is 9.93. The van der Waals surface area contributed by atoms with Crippen LogP contribution in [0.1, 0.15) is 51.9 Å². The number of esters is 1. The third-order valence-corrected chi connectivity index (χ3v) is 5.18. The van der Waals surface area contributed by atoms with Crippen LogP contribution in [0.4, 0.5) is 5.69 Å². The topological polar surface area (TPSA) is 80.6 Å². The van der Waals surface area contributed by atoms with Gasteiger partial charge >= 0.3 is 5.97 Å². The van der Waals surface area contributed by atoms with E-state index in [-0.39, 0.29) is 24.3 Å². The van der Waals surface area contributed by atoms with Crippen molar-refractivity contribution >= 4 is 23.5 Å². The summed E-state index contributed by atoms with van der Waals surface area (Å²) >= 11 is 0. The molecule has 0 saturated carbocycles. The summed E-state index contributed by atoms with van der Waals surface area (Å²) in [6.07, 6.45) is 2.10. The summed E-state index contributed by atoms with van der Waals surface area (Å²) in [5, 5.41) is 2.84. The van der Waals surface area contributed by atoms with E-state index >= 15 is 0 Å². The highest BCUT2D eigenvalue weighted by Crippen LogP contribution is 2.18. The molecule has 2 aromatic rings. The first-order valence-corrected chi connectivity index (χ1v) is 9.93. The van der Waals surface area contributed by atoms with Gasteiger partial charge in [-0.05, 0) is 63.9 Å². The molecule has 2 amide bonds. The molecule has 154 valence electrons. The van der Waals surface area contributed by atoms with Gasteiger partial charge in [-0.15, -0.1) is 0 Å². The molecule has 1 N–H and O–H groups in total. The Morgan fingerprint density at radius 3 is 2.34 bits per heavy atom. The monoisotopic (exact) mass is 397 g/mol. The Labute approximate surface area is 170 Å². The number of amides is 2. The number of aromatic nitrogens is 1. The predicted octanol–water partition coefficient (Wildman–Crippen LogP) is 3.16. The summed E-state index contributed by atoms with van der Waals surface area (Å²) in [7, 11) is 0. The normalized spacial score (nSPS) is 13.4. The summed E-state index contributed by atoms with van der Waals surface area (Å²) in [5.41, 5.74) is 3.24. The van der Waals surface area contributed by atoms with Gasteiger partial charge < -0.3 is 19.5 Å². The zero-order valence-corrected chi connectivity index (χ0v) is 17.2. The largest absolute Gasteiger partial charge is 0.462 e. The minimum atomic E-state index is -0.384. The van der Waals surface area contributed by atoms with E-state index < -0.39 is 0 Å². The van der Waals surface area contributed by atoms with Gasteiger partial charge in [0.05, 0.1) is 12.2 Å². The van der Waals surface area contributed by atoms with Gasteiger partial charge in [0.15, 0.2) is 0 Å². The van der Waals surface area contributed by atoms with Gasteiger partial charge in [0.25, 0.3) is 5.91 Å². The van der Waals surface area contributed by atoms with E-state index in [2.05, 4.69) is 5.32 Å². The van der Waals surface area contributed by atoms with E-state index in [1.165, 1.54) is 0 Å². The van der Waals surface area contributed by atoms with E-state index in [9.17, 15) is 14.4 Å². The molecule has 1 fully saturated rings. The lowest BCUT2D eigenvalue weighted by atomic mass is 10.2. The van der Waals surface area contributed by atoms with Crippen LogP contribution in [-0.2, 0) is 16.1 Å². The fourth-order valence-corrected chi connectivity index (χ4v) is 3.60. The number of nitrogens with zero attached hydrogens (tertiary/aromatic N) is 2. The third-order valence-electron chi connectivity index (χ3n) is 5.18. The Hall–Kier alpha value is -3.09. The second kappa shape index (κ2) is 8.94. The smallest absolute Gasteiger partial charge is 0.339 e. The maximum Gasteiger partial charge on any atom is 0.339 e. The highest BCUT2D eigenvalue weighted by Gasteiger charge is 2.20. The zero-order chi connectivity index (χ0) is 21.0. The molecule has 1 aliphatic heterocycles. The number of rotatable bonds is 6. The number of nitrogens with one attached hydrogen (secondary N) is 1. The summed E-state index contributed by atoms with van der Waals surface area (Å²) in [5.74, 6) is -0.559. The van der Waals surface area contributed by atoms with Gasteiger partial charge in [0.1, 0.15) is 6.54 Å². The number of aryl methyl sites for hydroxylation is 1. The molecule has 0 unspecified atom stereocenters. The maximum atomic E-state index is 12.5. The van der Waals surface area contributed by atoms with E-state index in [4.69, 9.17) is 4.74 Å². The van der Waals surface area contributed by atoms with Gasteiger partial charge in [-0.1, -0.05) is 0 Å². The molecule has 1 aromatic heterocycles. The molecule has 3 rings (SSSR count). The van der Waals surface area contributed by atoms with Crippen LogP contribution in [0.5, 0.6) is 0 Å². The predicted molar refractivity (Wildman–Crippen MR) is 110 cm³/mol. The maximum absolute atomic E-state index is 12.5. The van der Waals surface area contributed by atoms with Gasteiger partial charge in [-0.2, -0.15) is 0 Å². The fourth-order valence-electron chi connectivity index (χ4n) is 3.60. The molecular formula is C22H27N3O4. The zero-order valence-electron chi connectivity index (χ0n) is 17.2. The molecule has 29 heavy (non-hydrogen) atoms. The summed E-state index contributed by atoms with van der Waals surface area (Å²) in [6, 6.07) is 8.68. The van der Waals surface area contributed by atoms with Crippen LogP contribution in [0.25, 0.3) is 0 Å². The van der Waals surface area contributed by atoms with E-state index in [0.717, 1.165) is 31.6 Å². The number of carbonyl (C=O) groups excluding carboxylic acids is 3. The molecule has 0 spiro atoms. The van der Waals surface area contributed by atoms with Crippen molar-refractivity contribution in [2.75, 3.05) is 25.0 Å². The lowest BCUT2D eigenvalue weighted by Crippen LogP contribution is -2.27. The second-order valence-corrected chi connectivity index (χ2v) is 7.22. The Kier molecular flexibility index (Phi) is 6.36. The number of likely N-dealkylation sites (tertiary alicyclic amines) is 1. The Morgan fingerprint density at radius 1 is 1.07 bits per heavy atom. The van der Waals surface area contributed by atoms with Gasteiger partial charge in [-0.3, -0.25) is 9.59 Å². The Morgan fingerprint density at radius 2 is 1.72 bits per heavy atom. The van der Waals surface area contributed by atoms with E-state index in [1.807, 2.05) is 11.8 Å². The lowest BCUT2D eigenvalue weighted by molar-refractivity contribution is -0.116. The number of carbonyl (C=O) groups is 3. The van der Waals surface area contributed by atoms with Gasteiger partial charge in [0, 0.05) is 35.7 Å². The van der Waals surface area contributed by atoms with Crippen LogP contribution < -0.4 is 5.32 Å². The van der Waals surface area contributed by atoms with Crippen LogP contribution in [0, 0.1) is 13.8 Å². The number of benzene rings is 1. The Balaban J connectivity index is 1.64. The standard InChI is InChI=1S/C22H27N3O4/c1-4-29-22(28)19-13-15(2)25(16(19)3)14-20(26)23-18-9-7-17(8-10-18)21(27)24-11-5-6-12-24/h7-10,13H,4-6,11-12,14H2,1-3H3,(H,23,26). The number of ether oxygens (including phenoxy) is 1. The Bertz CT molecular complexity index is 909. The average Bonchev–Trinajstić information content (AvgIpc) is 3.33. The minimum absolute atomic E-state index is 0.0328. The highest BCUT2D eigenvalue weighted by atomic mass is 16.5. The van der Waals surface area contributed by atoms with Crippen molar-refractivity contribution in [3.63, 3.8) is 0 Å². The molecule has 7 nitrogen and oxygen atoms in total. The minimum Gasteiger partial charge on any atom is -0.462 e. The van der Waals surface area contributed by atoms with Crippen molar-refractivity contribution in [3.8, 4) is 0 Å². The molecule has 1 aromatic carbocycles. The third kappa shape index (κ3) is 4.67. The molecule has 0 radical (unpaired) electrons. The number of hydrogen-bond donors (Lipinski definition) is 1. The SMILES string of the molecule is CCOC(=O)c1cc(C)n(CC(=O)Nc2ccc(C(=O)N3CCCC3)cc2)c1C. The van der Waals surface area contributed by atoms with Crippen molar-refractivity contribution in [3.05, 3.63) is 52.8 Å². The van der Waals surface area contributed by atoms with Crippen molar-refractivity contribution in [2.24, 2.45) is 0 Å². The summed E-state index contributed by atoms with van der Waals surface area (Å²) in [4.78, 5) is 38.8. The first-order chi connectivity index (χ1) is 13.9. The van der Waals surface area contributed by atoms with Crippen molar-refractivity contribution in [2.45, 2.75) is 40.2 Å². The molecular weight excluding hydrogens is 370 g/mol. The molecule has 0 atom stereocenters. The second-order valence-electron chi connectivity index (χ2n) is 7.22. The van der Waals surface area contributed by atoms with E-state index in [0.29, 0.717) is 29.1 Å². The van der Waals surface area contributed by atoms with Crippen molar-refractivity contribution in [1.29, 1.82) is 0 Å². The number of anilines is 1. The van der Waals surface area contributed by atoms with Crippen LogP contribution in [0.2, 0.25) is 0 Å². The van der Waals surface area contributed by atoms with Crippen molar-refractivity contribution in [1.82, 2.24) is 9.47 Å². The first kappa shape index (κ1) is 20.6. The summed E-state index contributed by atoms with van der Waals surface area (Å²) < 4.78 is 6.85. The fraction of sp³-hybridized carbons (Fsp3) is 0.409. The quantitative estimate of drug-likeness (QED) is 0.760. The molecule has 0 aliphatic carbocycles. The number of hydrogen-bond acceptors (Lipinski definition) is 4. The molecule has 1 aliphatic rings. The summed E-state index contributed by atoms with van der Waals surface area (Å²) in [6.45, 7) is 7.41. The molecule has 7 heteroatoms. The van der Waals surface area contributed by atoms with Crippen LogP contribution >= 0.6 is 0 Å². The average molecular weight is 397 g/mol. The molecule has 2 heterocycles. The van der Waals surface area contributed by atoms with Crippen LogP contribution in [0.15, 0.2) is 30.3 Å². The van der Waals surface area contributed by atoms with E-state index in [1.54, 1.807) is 48.7 Å². The van der Waals surface area contributed by atoms with Crippen LogP contribution in [-0.4, -0.2) is 46.9 Å².